The Bertz CT molecular complexity index is 1440. The number of carbonyl (C=O) groups is 1. The Kier molecular flexibility index (Phi) is 5.79. The van der Waals surface area contributed by atoms with Crippen molar-refractivity contribution in [3.8, 4) is 5.82 Å². The van der Waals surface area contributed by atoms with Crippen LogP contribution in [0.4, 0.5) is 11.5 Å². The van der Waals surface area contributed by atoms with Gasteiger partial charge in [-0.15, -0.1) is 0 Å². The summed E-state index contributed by atoms with van der Waals surface area (Å²) in [5.74, 6) is 0.0269. The number of hydrogen-bond acceptors (Lipinski definition) is 10. The van der Waals surface area contributed by atoms with Gasteiger partial charge in [-0.25, -0.2) is 46.7 Å². The molecule has 1 amide bonds. The monoisotopic (exact) mass is 513 g/mol. The third-order valence-corrected chi connectivity index (χ3v) is 7.10. The third-order valence-electron chi connectivity index (χ3n) is 4.77. The molecule has 1 aliphatic rings. The molecule has 1 aliphatic heterocycles. The summed E-state index contributed by atoms with van der Waals surface area (Å²) in [7, 11) is -8.73. The Morgan fingerprint density at radius 2 is 1.67 bits per heavy atom. The van der Waals surface area contributed by atoms with Gasteiger partial charge in [0.15, 0.2) is 5.82 Å². The van der Waals surface area contributed by atoms with Crippen LogP contribution in [0.25, 0.3) is 5.82 Å². The lowest BCUT2D eigenvalue weighted by atomic mass is 9.99. The fourth-order valence-electron chi connectivity index (χ4n) is 3.11. The highest BCUT2D eigenvalue weighted by molar-refractivity contribution is 7.90. The molecule has 5 N–H and O–H groups in total. The van der Waals surface area contributed by atoms with Crippen molar-refractivity contribution in [1.29, 1.82) is 0 Å². The maximum atomic E-state index is 12.7. The predicted octanol–water partition coefficient (Wildman–Crippen LogP) is -0.920. The van der Waals surface area contributed by atoms with Crippen LogP contribution >= 0.6 is 11.6 Å². The predicted molar refractivity (Wildman–Crippen MR) is 115 cm³/mol. The summed E-state index contributed by atoms with van der Waals surface area (Å²) < 4.78 is 48.7. The van der Waals surface area contributed by atoms with Gasteiger partial charge in [0.05, 0.1) is 16.6 Å². The number of anilines is 2. The van der Waals surface area contributed by atoms with E-state index in [-0.39, 0.29) is 23.8 Å². The van der Waals surface area contributed by atoms with E-state index < -0.39 is 41.7 Å². The molecular formula is C16H16ClN9O5S2. The third kappa shape index (κ3) is 4.79. The quantitative estimate of drug-likeness (QED) is 0.369. The fourth-order valence-corrected chi connectivity index (χ4v) is 4.99. The van der Waals surface area contributed by atoms with Gasteiger partial charge in [-0.05, 0) is 12.1 Å². The van der Waals surface area contributed by atoms with Crippen LogP contribution in [0.5, 0.6) is 0 Å². The number of aromatic nitrogens is 5. The number of primary sulfonamides is 2. The smallest absolute Gasteiger partial charge is 0.240 e. The van der Waals surface area contributed by atoms with Gasteiger partial charge in [0.25, 0.3) is 0 Å². The van der Waals surface area contributed by atoms with Gasteiger partial charge in [0, 0.05) is 19.2 Å². The first-order valence-corrected chi connectivity index (χ1v) is 12.5. The van der Waals surface area contributed by atoms with Crippen molar-refractivity contribution < 1.29 is 21.6 Å². The number of nitrogens with two attached hydrogens (primary N) is 2. The van der Waals surface area contributed by atoms with Gasteiger partial charge < -0.3 is 10.2 Å². The molecule has 17 heteroatoms. The van der Waals surface area contributed by atoms with Crippen LogP contribution in [0.3, 0.4) is 0 Å². The maximum Gasteiger partial charge on any atom is 0.240 e. The van der Waals surface area contributed by atoms with Gasteiger partial charge >= 0.3 is 0 Å². The standard InChI is InChI=1S/C16H16ClN9O5S2/c17-10-1-11(13(33(19,30)31)2-12(10)32(18,28)29)24-16(27)9-4-25(5-9)14-3-15(22-7-21-14)26-8-20-6-23-26/h1-3,6-9H,4-5H2,(H,24,27)(H2,18,28,29)(H2,19,30,31). The van der Waals surface area contributed by atoms with E-state index in [9.17, 15) is 21.6 Å². The number of halogens is 1. The van der Waals surface area contributed by atoms with Crippen molar-refractivity contribution in [2.24, 2.45) is 16.2 Å². The average molecular weight is 514 g/mol. The highest BCUT2D eigenvalue weighted by Crippen LogP contribution is 2.32. The molecule has 3 aromatic rings. The van der Waals surface area contributed by atoms with Crippen LogP contribution in [-0.2, 0) is 24.8 Å². The number of carbonyl (C=O) groups excluding carboxylic acids is 1. The van der Waals surface area contributed by atoms with Crippen molar-refractivity contribution in [3.63, 3.8) is 0 Å². The van der Waals surface area contributed by atoms with Crippen molar-refractivity contribution in [2.75, 3.05) is 23.3 Å². The van der Waals surface area contributed by atoms with Gasteiger partial charge in [-0.2, -0.15) is 5.10 Å². The SMILES string of the molecule is NS(=O)(=O)c1cc(S(N)(=O)=O)c(NC(=O)C2CN(c3cc(-n4cncn4)ncn3)C2)cc1Cl. The normalized spacial score (nSPS) is 14.7. The molecule has 1 fully saturated rings. The molecule has 0 atom stereocenters. The van der Waals surface area contributed by atoms with E-state index in [0.29, 0.717) is 17.7 Å². The van der Waals surface area contributed by atoms with Crippen LogP contribution in [0.2, 0.25) is 5.02 Å². The first-order valence-electron chi connectivity index (χ1n) is 9.05. The van der Waals surface area contributed by atoms with E-state index in [2.05, 4.69) is 25.4 Å². The minimum atomic E-state index is -4.41. The molecule has 0 saturated carbocycles. The molecule has 14 nitrogen and oxygen atoms in total. The molecule has 0 radical (unpaired) electrons. The Balaban J connectivity index is 1.50. The Morgan fingerprint density at radius 1 is 1.00 bits per heavy atom. The zero-order valence-corrected chi connectivity index (χ0v) is 18.9. The van der Waals surface area contributed by atoms with Gasteiger partial charge in [0.1, 0.15) is 34.6 Å². The van der Waals surface area contributed by atoms with Gasteiger partial charge in [-0.1, -0.05) is 11.6 Å². The lowest BCUT2D eigenvalue weighted by Crippen LogP contribution is -2.52. The second kappa shape index (κ2) is 8.31. The fraction of sp³-hybridized carbons (Fsp3) is 0.188. The highest BCUT2D eigenvalue weighted by Gasteiger charge is 2.35. The van der Waals surface area contributed by atoms with Crippen LogP contribution in [-0.4, -0.2) is 60.6 Å². The summed E-state index contributed by atoms with van der Waals surface area (Å²) in [6.45, 7) is 0.570. The number of nitrogens with zero attached hydrogens (tertiary/aromatic N) is 6. The van der Waals surface area contributed by atoms with Crippen molar-refractivity contribution in [2.45, 2.75) is 9.79 Å². The molecule has 33 heavy (non-hydrogen) atoms. The number of benzene rings is 1. The molecule has 1 saturated heterocycles. The average Bonchev–Trinajstić information content (AvgIpc) is 3.20. The first-order chi connectivity index (χ1) is 15.4. The second-order valence-electron chi connectivity index (χ2n) is 7.03. The largest absolute Gasteiger partial charge is 0.355 e. The van der Waals surface area contributed by atoms with Crippen LogP contribution in [0.1, 0.15) is 0 Å². The number of hydrogen-bond donors (Lipinski definition) is 3. The molecule has 4 rings (SSSR count). The molecule has 0 bridgehead atoms. The summed E-state index contributed by atoms with van der Waals surface area (Å²) in [5, 5.41) is 16.3. The molecule has 0 aliphatic carbocycles. The summed E-state index contributed by atoms with van der Waals surface area (Å²) >= 11 is 5.93. The van der Waals surface area contributed by atoms with Gasteiger partial charge in [-0.3, -0.25) is 4.79 Å². The molecular weight excluding hydrogens is 498 g/mol. The van der Waals surface area contributed by atoms with Crippen LogP contribution in [0.15, 0.2) is 47.0 Å². The Labute approximate surface area is 192 Å². The van der Waals surface area contributed by atoms with Crippen LogP contribution in [0, 0.1) is 5.92 Å². The minimum absolute atomic E-state index is 0.256. The van der Waals surface area contributed by atoms with E-state index in [4.69, 9.17) is 21.9 Å². The highest BCUT2D eigenvalue weighted by atomic mass is 35.5. The molecule has 174 valence electrons. The summed E-state index contributed by atoms with van der Waals surface area (Å²) in [6.07, 6.45) is 4.20. The summed E-state index contributed by atoms with van der Waals surface area (Å²) in [4.78, 5) is 25.4. The van der Waals surface area contributed by atoms with E-state index in [1.165, 1.54) is 23.7 Å². The topological polar surface area (TPSA) is 209 Å². The minimum Gasteiger partial charge on any atom is -0.355 e. The molecule has 3 heterocycles. The van der Waals surface area contributed by atoms with Crippen molar-refractivity contribution in [1.82, 2.24) is 24.7 Å². The molecule has 2 aromatic heterocycles. The zero-order valence-electron chi connectivity index (χ0n) is 16.5. The van der Waals surface area contributed by atoms with E-state index in [1.54, 1.807) is 6.07 Å². The van der Waals surface area contributed by atoms with Crippen LogP contribution < -0.4 is 20.5 Å². The zero-order chi connectivity index (χ0) is 24.0. The summed E-state index contributed by atoms with van der Waals surface area (Å²) in [5.41, 5.74) is -0.256. The molecule has 0 spiro atoms. The Hall–Kier alpha value is -3.18. The first kappa shape index (κ1) is 23.0. The van der Waals surface area contributed by atoms with E-state index in [1.807, 2.05) is 4.90 Å². The molecule has 0 unspecified atom stereocenters. The second-order valence-corrected chi connectivity index (χ2v) is 10.5. The number of amides is 1. The number of rotatable bonds is 6. The van der Waals surface area contributed by atoms with Gasteiger partial charge in [0.2, 0.25) is 26.0 Å². The van der Waals surface area contributed by atoms with Crippen molar-refractivity contribution in [3.05, 3.63) is 42.2 Å². The maximum absolute atomic E-state index is 12.7. The summed E-state index contributed by atoms with van der Waals surface area (Å²) in [6, 6.07) is 3.36. The van der Waals surface area contributed by atoms with E-state index in [0.717, 1.165) is 6.07 Å². The number of nitrogens with one attached hydrogen (secondary N) is 1. The molecule has 1 aromatic carbocycles. The van der Waals surface area contributed by atoms with E-state index >= 15 is 0 Å². The van der Waals surface area contributed by atoms with Crippen molar-refractivity contribution >= 4 is 49.1 Å². The lowest BCUT2D eigenvalue weighted by molar-refractivity contribution is -0.120. The Morgan fingerprint density at radius 3 is 2.27 bits per heavy atom. The lowest BCUT2D eigenvalue weighted by Gasteiger charge is -2.39. The number of sulfonamides is 2.